The first-order valence-electron chi connectivity index (χ1n) is 10.4. The summed E-state index contributed by atoms with van der Waals surface area (Å²) < 4.78 is 19.6. The summed E-state index contributed by atoms with van der Waals surface area (Å²) in [4.78, 5) is 27.4. The molecule has 160 valence electrons. The fraction of sp³-hybridized carbons (Fsp3) is 0.154. The maximum absolute atomic E-state index is 14.0. The lowest BCUT2D eigenvalue weighted by atomic mass is 9.94. The van der Waals surface area contributed by atoms with Gasteiger partial charge in [-0.3, -0.25) is 14.5 Å². The van der Waals surface area contributed by atoms with Gasteiger partial charge in [0, 0.05) is 11.3 Å². The number of rotatable bonds is 3. The van der Waals surface area contributed by atoms with Crippen molar-refractivity contribution in [3.05, 3.63) is 101 Å². The van der Waals surface area contributed by atoms with Crippen molar-refractivity contribution in [1.82, 2.24) is 0 Å². The number of aliphatic hydroxyl groups is 1. The molecular formula is C26H20FNO4. The lowest BCUT2D eigenvalue weighted by molar-refractivity contribution is -0.132. The van der Waals surface area contributed by atoms with Crippen LogP contribution in [0.5, 0.6) is 5.75 Å². The summed E-state index contributed by atoms with van der Waals surface area (Å²) in [5, 5.41) is 11.2. The van der Waals surface area contributed by atoms with Gasteiger partial charge in [-0.2, -0.15) is 0 Å². The monoisotopic (exact) mass is 429 g/mol. The van der Waals surface area contributed by atoms with Gasteiger partial charge in [-0.05, 0) is 60.4 Å². The third kappa shape index (κ3) is 3.34. The molecule has 1 unspecified atom stereocenters. The number of ether oxygens (including phenoxy) is 1. The minimum atomic E-state index is -0.884. The van der Waals surface area contributed by atoms with E-state index in [0.29, 0.717) is 17.7 Å². The number of fused-ring (bicyclic) bond motifs is 1. The van der Waals surface area contributed by atoms with Gasteiger partial charge in [0.2, 0.25) is 0 Å². The van der Waals surface area contributed by atoms with E-state index < -0.39 is 23.5 Å². The first kappa shape index (κ1) is 20.0. The summed E-state index contributed by atoms with van der Waals surface area (Å²) in [6.07, 6.45) is 1.67. The maximum Gasteiger partial charge on any atom is 0.300 e. The van der Waals surface area contributed by atoms with Crippen LogP contribution >= 0.6 is 0 Å². The van der Waals surface area contributed by atoms with Gasteiger partial charge >= 0.3 is 0 Å². The molecule has 1 amide bonds. The quantitative estimate of drug-likeness (QED) is 0.370. The van der Waals surface area contributed by atoms with E-state index in [-0.39, 0.29) is 17.0 Å². The molecule has 2 aliphatic heterocycles. The molecule has 1 N–H and O–H groups in total. The average molecular weight is 429 g/mol. The van der Waals surface area contributed by atoms with Crippen LogP contribution in [0.4, 0.5) is 10.1 Å². The molecule has 0 aliphatic carbocycles. The Morgan fingerprint density at radius 3 is 2.59 bits per heavy atom. The molecule has 6 heteroatoms. The van der Waals surface area contributed by atoms with Gasteiger partial charge in [-0.25, -0.2) is 4.39 Å². The van der Waals surface area contributed by atoms with E-state index >= 15 is 0 Å². The Morgan fingerprint density at radius 1 is 1.00 bits per heavy atom. The summed E-state index contributed by atoms with van der Waals surface area (Å²) in [5.41, 5.74) is 2.24. The topological polar surface area (TPSA) is 66.8 Å². The number of benzene rings is 3. The van der Waals surface area contributed by atoms with Crippen molar-refractivity contribution in [2.75, 3.05) is 11.5 Å². The van der Waals surface area contributed by atoms with Gasteiger partial charge < -0.3 is 9.84 Å². The second kappa shape index (κ2) is 7.96. The minimum Gasteiger partial charge on any atom is -0.507 e. The van der Waals surface area contributed by atoms with Crippen molar-refractivity contribution >= 4 is 23.1 Å². The van der Waals surface area contributed by atoms with Crippen molar-refractivity contribution in [3.8, 4) is 5.75 Å². The summed E-state index contributed by atoms with van der Waals surface area (Å²) in [7, 11) is 0. The zero-order chi connectivity index (χ0) is 22.2. The predicted octanol–water partition coefficient (Wildman–Crippen LogP) is 4.78. The second-order valence-corrected chi connectivity index (χ2v) is 7.83. The van der Waals surface area contributed by atoms with Crippen LogP contribution in [0, 0.1) is 5.82 Å². The molecule has 3 aromatic carbocycles. The van der Waals surface area contributed by atoms with Crippen molar-refractivity contribution in [3.63, 3.8) is 0 Å². The number of Topliss-reactive ketones (excluding diaryl/α,β-unsaturated/α-hetero) is 1. The van der Waals surface area contributed by atoms with E-state index in [1.54, 1.807) is 48.5 Å². The molecule has 0 aromatic heterocycles. The highest BCUT2D eigenvalue weighted by molar-refractivity contribution is 6.51. The van der Waals surface area contributed by atoms with E-state index in [9.17, 15) is 19.1 Å². The number of amides is 1. The van der Waals surface area contributed by atoms with E-state index in [1.165, 1.54) is 23.1 Å². The van der Waals surface area contributed by atoms with Crippen molar-refractivity contribution in [2.24, 2.45) is 0 Å². The molecule has 2 aliphatic rings. The van der Waals surface area contributed by atoms with Gasteiger partial charge in [-0.15, -0.1) is 0 Å². The molecule has 1 saturated heterocycles. The average Bonchev–Trinajstić information content (AvgIpc) is 3.09. The standard InChI is InChI=1S/C26H20FNO4/c27-19-9-4-10-20(15-19)28-23(16-6-2-1-3-7-16)22(25(30)26(28)31)24(29)18-11-12-21-17(14-18)8-5-13-32-21/h1-4,6-7,9-12,14-15,23,29H,5,8,13H2/b24-22-. The van der Waals surface area contributed by atoms with Gasteiger partial charge in [0.05, 0.1) is 18.2 Å². The number of hydrogen-bond acceptors (Lipinski definition) is 4. The van der Waals surface area contributed by atoms with E-state index in [4.69, 9.17) is 4.74 Å². The predicted molar refractivity (Wildman–Crippen MR) is 118 cm³/mol. The lowest BCUT2D eigenvalue weighted by Crippen LogP contribution is -2.29. The number of nitrogens with zero attached hydrogens (tertiary/aromatic N) is 1. The molecule has 0 spiro atoms. The highest BCUT2D eigenvalue weighted by Crippen LogP contribution is 2.42. The van der Waals surface area contributed by atoms with Gasteiger partial charge in [0.15, 0.2) is 0 Å². The Kier molecular flexibility index (Phi) is 4.98. The van der Waals surface area contributed by atoms with Crippen LogP contribution in [-0.4, -0.2) is 23.4 Å². The Bertz CT molecular complexity index is 1250. The Balaban J connectivity index is 1.69. The smallest absolute Gasteiger partial charge is 0.300 e. The van der Waals surface area contributed by atoms with Crippen LogP contribution in [-0.2, 0) is 16.0 Å². The van der Waals surface area contributed by atoms with E-state index in [2.05, 4.69) is 0 Å². The third-order valence-electron chi connectivity index (χ3n) is 5.83. The first-order valence-corrected chi connectivity index (χ1v) is 10.4. The molecule has 1 fully saturated rings. The Hall–Kier alpha value is -3.93. The van der Waals surface area contributed by atoms with Gasteiger partial charge in [-0.1, -0.05) is 36.4 Å². The summed E-state index contributed by atoms with van der Waals surface area (Å²) in [5.74, 6) is -1.65. The molecule has 0 saturated carbocycles. The second-order valence-electron chi connectivity index (χ2n) is 7.83. The zero-order valence-corrected chi connectivity index (χ0v) is 17.1. The van der Waals surface area contributed by atoms with Crippen LogP contribution in [0.25, 0.3) is 5.76 Å². The van der Waals surface area contributed by atoms with Crippen LogP contribution in [0.2, 0.25) is 0 Å². The molecule has 0 bridgehead atoms. The first-order chi connectivity index (χ1) is 15.5. The number of ketones is 1. The molecule has 5 nitrogen and oxygen atoms in total. The number of halogens is 1. The zero-order valence-electron chi connectivity index (χ0n) is 17.1. The molecule has 1 atom stereocenters. The number of carbonyl (C=O) groups excluding carboxylic acids is 2. The number of aliphatic hydroxyl groups excluding tert-OH is 1. The highest BCUT2D eigenvalue weighted by Gasteiger charge is 2.47. The van der Waals surface area contributed by atoms with Crippen LogP contribution < -0.4 is 9.64 Å². The SMILES string of the molecule is O=C1C(=O)N(c2cccc(F)c2)C(c2ccccc2)/C1=C(/O)c1ccc2c(c1)CCCO2. The molecule has 3 aromatic rings. The fourth-order valence-corrected chi connectivity index (χ4v) is 4.34. The van der Waals surface area contributed by atoms with Crippen molar-refractivity contribution < 1.29 is 23.8 Å². The van der Waals surface area contributed by atoms with E-state index in [1.807, 2.05) is 6.07 Å². The molecular weight excluding hydrogens is 409 g/mol. The lowest BCUT2D eigenvalue weighted by Gasteiger charge is -2.25. The van der Waals surface area contributed by atoms with Gasteiger partial charge in [0.25, 0.3) is 11.7 Å². The van der Waals surface area contributed by atoms with Crippen molar-refractivity contribution in [1.29, 1.82) is 0 Å². The van der Waals surface area contributed by atoms with Crippen molar-refractivity contribution in [2.45, 2.75) is 18.9 Å². The van der Waals surface area contributed by atoms with E-state index in [0.717, 1.165) is 24.2 Å². The van der Waals surface area contributed by atoms with Crippen LogP contribution in [0.1, 0.15) is 29.2 Å². The maximum atomic E-state index is 14.0. The summed E-state index contributed by atoms with van der Waals surface area (Å²) in [6, 6.07) is 18.8. The molecule has 0 radical (unpaired) electrons. The summed E-state index contributed by atoms with van der Waals surface area (Å²) in [6.45, 7) is 0.644. The normalized spacial score (nSPS) is 19.5. The van der Waals surface area contributed by atoms with Crippen LogP contribution in [0.3, 0.4) is 0 Å². The third-order valence-corrected chi connectivity index (χ3v) is 5.83. The number of carbonyl (C=O) groups is 2. The summed E-state index contributed by atoms with van der Waals surface area (Å²) >= 11 is 0. The number of hydrogen-bond donors (Lipinski definition) is 1. The minimum absolute atomic E-state index is 0.0258. The number of anilines is 1. The highest BCUT2D eigenvalue weighted by atomic mass is 19.1. The number of aryl methyl sites for hydroxylation is 1. The Morgan fingerprint density at radius 2 is 1.81 bits per heavy atom. The Labute approximate surface area is 184 Å². The van der Waals surface area contributed by atoms with Gasteiger partial charge in [0.1, 0.15) is 17.3 Å². The molecule has 5 rings (SSSR count). The molecule has 32 heavy (non-hydrogen) atoms. The molecule has 2 heterocycles. The fourth-order valence-electron chi connectivity index (χ4n) is 4.34. The van der Waals surface area contributed by atoms with Crippen LogP contribution in [0.15, 0.2) is 78.4 Å². The largest absolute Gasteiger partial charge is 0.507 e.